The van der Waals surface area contributed by atoms with E-state index in [2.05, 4.69) is 18.7 Å². The van der Waals surface area contributed by atoms with E-state index in [1.54, 1.807) is 0 Å². The molecule has 1 aliphatic heterocycles. The quantitative estimate of drug-likeness (QED) is 0.774. The highest BCUT2D eigenvalue weighted by atomic mass is 16.2. The maximum Gasteiger partial charge on any atom is 0.226 e. The average Bonchev–Trinajstić information content (AvgIpc) is 2.83. The Morgan fingerprint density at radius 1 is 1.25 bits per heavy atom. The SMILES string of the molecule is CC1CCCC1C(=O)N1CCC(C)C1CN. The second-order valence-corrected chi connectivity index (χ2v) is 5.62. The number of rotatable bonds is 2. The number of hydrogen-bond acceptors (Lipinski definition) is 2. The highest BCUT2D eigenvalue weighted by Gasteiger charge is 2.39. The van der Waals surface area contributed by atoms with Crippen molar-refractivity contribution in [2.24, 2.45) is 23.5 Å². The molecule has 4 unspecified atom stereocenters. The summed E-state index contributed by atoms with van der Waals surface area (Å²) in [4.78, 5) is 14.5. The fourth-order valence-electron chi connectivity index (χ4n) is 3.37. The van der Waals surface area contributed by atoms with Crippen LogP contribution in [0.25, 0.3) is 0 Å². The molecule has 92 valence electrons. The molecule has 1 heterocycles. The van der Waals surface area contributed by atoms with Crippen molar-refractivity contribution in [1.29, 1.82) is 0 Å². The van der Waals surface area contributed by atoms with Gasteiger partial charge in [0.2, 0.25) is 5.91 Å². The molecule has 0 spiro atoms. The van der Waals surface area contributed by atoms with Gasteiger partial charge in [0.1, 0.15) is 0 Å². The molecule has 2 N–H and O–H groups in total. The first-order valence-corrected chi connectivity index (χ1v) is 6.65. The molecule has 1 amide bonds. The number of likely N-dealkylation sites (tertiary alicyclic amines) is 1. The van der Waals surface area contributed by atoms with Gasteiger partial charge in [-0.25, -0.2) is 0 Å². The third kappa shape index (κ3) is 1.97. The van der Waals surface area contributed by atoms with E-state index in [1.165, 1.54) is 12.8 Å². The number of nitrogens with two attached hydrogens (primary N) is 1. The molecule has 2 fully saturated rings. The van der Waals surface area contributed by atoms with Crippen LogP contribution in [0.5, 0.6) is 0 Å². The fraction of sp³-hybridized carbons (Fsp3) is 0.923. The van der Waals surface area contributed by atoms with Gasteiger partial charge in [0.25, 0.3) is 0 Å². The van der Waals surface area contributed by atoms with Gasteiger partial charge in [0.15, 0.2) is 0 Å². The molecule has 0 radical (unpaired) electrons. The number of hydrogen-bond donors (Lipinski definition) is 1. The van der Waals surface area contributed by atoms with Gasteiger partial charge in [-0.1, -0.05) is 20.3 Å². The van der Waals surface area contributed by atoms with Crippen molar-refractivity contribution in [1.82, 2.24) is 4.90 Å². The summed E-state index contributed by atoms with van der Waals surface area (Å²) in [6.07, 6.45) is 4.64. The molecule has 16 heavy (non-hydrogen) atoms. The number of amides is 1. The number of carbonyl (C=O) groups is 1. The molecule has 1 saturated carbocycles. The Labute approximate surface area is 98.4 Å². The average molecular weight is 224 g/mol. The largest absolute Gasteiger partial charge is 0.338 e. The monoisotopic (exact) mass is 224 g/mol. The van der Waals surface area contributed by atoms with E-state index in [4.69, 9.17) is 5.73 Å². The van der Waals surface area contributed by atoms with E-state index in [0.717, 1.165) is 19.4 Å². The van der Waals surface area contributed by atoms with Crippen LogP contribution in [0, 0.1) is 17.8 Å². The minimum atomic E-state index is 0.277. The molecule has 0 bridgehead atoms. The Morgan fingerprint density at radius 2 is 2.00 bits per heavy atom. The van der Waals surface area contributed by atoms with E-state index in [1.807, 2.05) is 0 Å². The first kappa shape index (κ1) is 11.9. The van der Waals surface area contributed by atoms with Crippen molar-refractivity contribution in [2.75, 3.05) is 13.1 Å². The summed E-state index contributed by atoms with van der Waals surface area (Å²) in [6, 6.07) is 0.292. The number of nitrogens with zero attached hydrogens (tertiary/aromatic N) is 1. The zero-order valence-corrected chi connectivity index (χ0v) is 10.5. The summed E-state index contributed by atoms with van der Waals surface area (Å²) in [5.41, 5.74) is 5.79. The van der Waals surface area contributed by atoms with Gasteiger partial charge in [0, 0.05) is 25.0 Å². The normalized spacial score (nSPS) is 39.3. The molecule has 1 aliphatic carbocycles. The van der Waals surface area contributed by atoms with Crippen LogP contribution < -0.4 is 5.73 Å². The van der Waals surface area contributed by atoms with E-state index >= 15 is 0 Å². The second kappa shape index (κ2) is 4.74. The van der Waals surface area contributed by atoms with Gasteiger partial charge in [-0.3, -0.25) is 4.79 Å². The topological polar surface area (TPSA) is 46.3 Å². The zero-order valence-electron chi connectivity index (χ0n) is 10.5. The van der Waals surface area contributed by atoms with Crippen LogP contribution in [0.4, 0.5) is 0 Å². The van der Waals surface area contributed by atoms with Crippen LogP contribution in [-0.4, -0.2) is 29.9 Å². The Morgan fingerprint density at radius 3 is 2.56 bits per heavy atom. The Balaban J connectivity index is 2.04. The van der Waals surface area contributed by atoms with Crippen LogP contribution in [0.3, 0.4) is 0 Å². The van der Waals surface area contributed by atoms with E-state index < -0.39 is 0 Å². The molecule has 1 saturated heterocycles. The van der Waals surface area contributed by atoms with Gasteiger partial charge >= 0.3 is 0 Å². The van der Waals surface area contributed by atoms with Gasteiger partial charge < -0.3 is 10.6 Å². The molecular weight excluding hydrogens is 200 g/mol. The summed E-state index contributed by atoms with van der Waals surface area (Å²) < 4.78 is 0. The lowest BCUT2D eigenvalue weighted by Gasteiger charge is -2.29. The Hall–Kier alpha value is -0.570. The molecule has 3 nitrogen and oxygen atoms in total. The van der Waals surface area contributed by atoms with Crippen molar-refractivity contribution < 1.29 is 4.79 Å². The van der Waals surface area contributed by atoms with Crippen molar-refractivity contribution in [3.05, 3.63) is 0 Å². The number of carbonyl (C=O) groups excluding carboxylic acids is 1. The third-order valence-electron chi connectivity index (χ3n) is 4.59. The summed E-state index contributed by atoms with van der Waals surface area (Å²) in [5, 5.41) is 0. The maximum absolute atomic E-state index is 12.4. The molecule has 2 aliphatic rings. The molecular formula is C13H24N2O. The van der Waals surface area contributed by atoms with Gasteiger partial charge in [-0.15, -0.1) is 0 Å². The van der Waals surface area contributed by atoms with Crippen molar-refractivity contribution in [3.63, 3.8) is 0 Å². The standard InChI is InChI=1S/C13H24N2O/c1-9-4-3-5-11(9)13(16)15-7-6-10(2)12(15)8-14/h9-12H,3-8,14H2,1-2H3. The van der Waals surface area contributed by atoms with Crippen LogP contribution in [0.15, 0.2) is 0 Å². The summed E-state index contributed by atoms with van der Waals surface area (Å²) in [6.45, 7) is 5.97. The minimum absolute atomic E-state index is 0.277. The minimum Gasteiger partial charge on any atom is -0.338 e. The summed E-state index contributed by atoms with van der Waals surface area (Å²) >= 11 is 0. The van der Waals surface area contributed by atoms with Crippen LogP contribution >= 0.6 is 0 Å². The predicted molar refractivity (Wildman–Crippen MR) is 64.8 cm³/mol. The molecule has 3 heteroatoms. The van der Waals surface area contributed by atoms with Crippen molar-refractivity contribution >= 4 is 5.91 Å². The Bertz CT molecular complexity index is 267. The van der Waals surface area contributed by atoms with E-state index in [9.17, 15) is 4.79 Å². The predicted octanol–water partition coefficient (Wildman–Crippen LogP) is 1.62. The van der Waals surface area contributed by atoms with Gasteiger partial charge in [-0.2, -0.15) is 0 Å². The van der Waals surface area contributed by atoms with Gasteiger partial charge in [0.05, 0.1) is 0 Å². The zero-order chi connectivity index (χ0) is 11.7. The van der Waals surface area contributed by atoms with E-state index in [-0.39, 0.29) is 5.92 Å². The van der Waals surface area contributed by atoms with Crippen LogP contribution in [0.1, 0.15) is 39.5 Å². The molecule has 0 aromatic heterocycles. The third-order valence-corrected chi connectivity index (χ3v) is 4.59. The van der Waals surface area contributed by atoms with Crippen molar-refractivity contribution in [3.8, 4) is 0 Å². The highest BCUT2D eigenvalue weighted by Crippen LogP contribution is 2.35. The maximum atomic E-state index is 12.4. The molecule has 2 rings (SSSR count). The molecule has 0 aromatic rings. The molecule has 0 aromatic carbocycles. The summed E-state index contributed by atoms with van der Waals surface area (Å²) in [5.74, 6) is 1.80. The highest BCUT2D eigenvalue weighted by molar-refractivity contribution is 5.80. The summed E-state index contributed by atoms with van der Waals surface area (Å²) in [7, 11) is 0. The van der Waals surface area contributed by atoms with E-state index in [0.29, 0.717) is 30.3 Å². The van der Waals surface area contributed by atoms with Crippen LogP contribution in [0.2, 0.25) is 0 Å². The van der Waals surface area contributed by atoms with Crippen LogP contribution in [-0.2, 0) is 4.79 Å². The van der Waals surface area contributed by atoms with Gasteiger partial charge in [-0.05, 0) is 31.1 Å². The Kier molecular flexibility index (Phi) is 3.53. The fourth-order valence-corrected chi connectivity index (χ4v) is 3.37. The lowest BCUT2D eigenvalue weighted by molar-refractivity contribution is -0.137. The second-order valence-electron chi connectivity index (χ2n) is 5.62. The molecule has 4 atom stereocenters. The first-order chi connectivity index (χ1) is 7.65. The van der Waals surface area contributed by atoms with Crippen molar-refractivity contribution in [2.45, 2.75) is 45.6 Å². The lowest BCUT2D eigenvalue weighted by Crippen LogP contribution is -2.45. The lowest BCUT2D eigenvalue weighted by atomic mass is 9.95. The smallest absolute Gasteiger partial charge is 0.226 e. The first-order valence-electron chi connectivity index (χ1n) is 6.65.